The molecule has 0 spiro atoms. The maximum absolute atomic E-state index is 13.9. The smallest absolute Gasteiger partial charge is 0.306 e. The van der Waals surface area contributed by atoms with E-state index in [9.17, 15) is 22.4 Å². The molecule has 0 radical (unpaired) electrons. The highest BCUT2D eigenvalue weighted by molar-refractivity contribution is 6.33. The van der Waals surface area contributed by atoms with Crippen LogP contribution in [0.3, 0.4) is 0 Å². The van der Waals surface area contributed by atoms with Gasteiger partial charge in [-0.05, 0) is 31.7 Å². The van der Waals surface area contributed by atoms with E-state index in [0.717, 1.165) is 17.5 Å². The number of benzene rings is 1. The van der Waals surface area contributed by atoms with Gasteiger partial charge in [-0.1, -0.05) is 36.2 Å². The van der Waals surface area contributed by atoms with Crippen molar-refractivity contribution in [1.82, 2.24) is 19.6 Å². The molecule has 6 nitrogen and oxygen atoms in total. The standard InChI is InChI=1S/C21H20ClF4N5O/c22-15-11-30(10-13-6-4-5-8-16(13)23)29-20(15)27-18(32)12-31-17-9-3-1-2-7-14(17)19(28-31)21(24,25)26/h4-6,8,11H,1-3,7,9-10,12H2,(H,27,29,32). The average molecular weight is 470 g/mol. The molecule has 1 N–H and O–H groups in total. The van der Waals surface area contributed by atoms with Gasteiger partial charge in [0.2, 0.25) is 5.91 Å². The van der Waals surface area contributed by atoms with Gasteiger partial charge in [0.25, 0.3) is 0 Å². The van der Waals surface area contributed by atoms with Crippen molar-refractivity contribution >= 4 is 23.3 Å². The van der Waals surface area contributed by atoms with E-state index in [0.29, 0.717) is 24.1 Å². The van der Waals surface area contributed by atoms with Crippen molar-refractivity contribution in [3.05, 3.63) is 63.8 Å². The lowest BCUT2D eigenvalue weighted by Gasteiger charge is -2.08. The van der Waals surface area contributed by atoms with Crippen LogP contribution >= 0.6 is 11.6 Å². The Morgan fingerprint density at radius 1 is 1.12 bits per heavy atom. The number of carbonyl (C=O) groups excluding carboxylic acids is 1. The molecule has 0 saturated carbocycles. The van der Waals surface area contributed by atoms with Crippen molar-refractivity contribution in [3.63, 3.8) is 0 Å². The van der Waals surface area contributed by atoms with Crippen LogP contribution in [0.25, 0.3) is 0 Å². The summed E-state index contributed by atoms with van der Waals surface area (Å²) >= 11 is 6.14. The molecule has 2 aromatic heterocycles. The molecule has 3 aromatic rings. The second kappa shape index (κ2) is 8.93. The quantitative estimate of drug-likeness (QED) is 0.429. The molecule has 1 aromatic carbocycles. The second-order valence-corrected chi connectivity index (χ2v) is 8.06. The third-order valence-corrected chi connectivity index (χ3v) is 5.61. The lowest BCUT2D eigenvalue weighted by molar-refractivity contribution is -0.142. The number of nitrogens with one attached hydrogen (secondary N) is 1. The van der Waals surface area contributed by atoms with Gasteiger partial charge >= 0.3 is 6.18 Å². The predicted molar refractivity (Wildman–Crippen MR) is 110 cm³/mol. The van der Waals surface area contributed by atoms with Crippen molar-refractivity contribution in [2.24, 2.45) is 0 Å². The zero-order chi connectivity index (χ0) is 22.9. The molecular formula is C21H20ClF4N5O. The van der Waals surface area contributed by atoms with Gasteiger partial charge in [-0.3, -0.25) is 14.2 Å². The Hall–Kier alpha value is -2.88. The summed E-state index contributed by atoms with van der Waals surface area (Å²) in [5.41, 5.74) is 0.0917. The Balaban J connectivity index is 1.51. The van der Waals surface area contributed by atoms with Crippen molar-refractivity contribution in [1.29, 1.82) is 0 Å². The Morgan fingerprint density at radius 3 is 2.62 bits per heavy atom. The number of halogens is 5. The van der Waals surface area contributed by atoms with Crippen molar-refractivity contribution in [2.45, 2.75) is 51.4 Å². The number of fused-ring (bicyclic) bond motifs is 1. The van der Waals surface area contributed by atoms with Gasteiger partial charge < -0.3 is 5.32 Å². The molecule has 0 atom stereocenters. The molecule has 170 valence electrons. The number of anilines is 1. The van der Waals surface area contributed by atoms with Gasteiger partial charge in [0.1, 0.15) is 17.4 Å². The molecule has 0 bridgehead atoms. The molecule has 0 saturated heterocycles. The zero-order valence-electron chi connectivity index (χ0n) is 16.9. The number of carbonyl (C=O) groups is 1. The number of aromatic nitrogens is 4. The average Bonchev–Trinajstić information content (AvgIpc) is 3.12. The first-order valence-electron chi connectivity index (χ1n) is 10.1. The van der Waals surface area contributed by atoms with E-state index in [1.807, 2.05) is 0 Å². The van der Waals surface area contributed by atoms with Crippen LogP contribution in [0.4, 0.5) is 23.4 Å². The highest BCUT2D eigenvalue weighted by Crippen LogP contribution is 2.35. The molecule has 0 aliphatic heterocycles. The Morgan fingerprint density at radius 2 is 1.88 bits per heavy atom. The summed E-state index contributed by atoms with van der Waals surface area (Å²) in [4.78, 5) is 12.6. The lowest BCUT2D eigenvalue weighted by atomic mass is 10.1. The van der Waals surface area contributed by atoms with Crippen LogP contribution in [0, 0.1) is 5.82 Å². The first-order valence-corrected chi connectivity index (χ1v) is 10.5. The Bertz CT molecular complexity index is 1140. The summed E-state index contributed by atoms with van der Waals surface area (Å²) in [6, 6.07) is 6.19. The van der Waals surface area contributed by atoms with Crippen LogP contribution < -0.4 is 5.32 Å². The number of nitrogens with zero attached hydrogens (tertiary/aromatic N) is 4. The van der Waals surface area contributed by atoms with Crippen molar-refractivity contribution in [2.75, 3.05) is 5.32 Å². The number of hydrogen-bond acceptors (Lipinski definition) is 3. The largest absolute Gasteiger partial charge is 0.435 e. The van der Waals surface area contributed by atoms with Crippen molar-refractivity contribution in [3.8, 4) is 0 Å². The van der Waals surface area contributed by atoms with E-state index in [2.05, 4.69) is 15.5 Å². The van der Waals surface area contributed by atoms with Crippen LogP contribution in [0.5, 0.6) is 0 Å². The third-order valence-electron chi connectivity index (χ3n) is 5.33. The van der Waals surface area contributed by atoms with E-state index in [1.54, 1.807) is 18.2 Å². The van der Waals surface area contributed by atoms with Gasteiger partial charge in [0, 0.05) is 23.0 Å². The summed E-state index contributed by atoms with van der Waals surface area (Å²) in [6.07, 6.45) is -0.196. The summed E-state index contributed by atoms with van der Waals surface area (Å²) in [5.74, 6) is -0.960. The zero-order valence-corrected chi connectivity index (χ0v) is 17.7. The van der Waals surface area contributed by atoms with Crippen LogP contribution in [0.1, 0.15) is 41.8 Å². The minimum absolute atomic E-state index is 0.0438. The molecule has 1 amide bonds. The fraction of sp³-hybridized carbons (Fsp3) is 0.381. The van der Waals surface area contributed by atoms with E-state index >= 15 is 0 Å². The summed E-state index contributed by atoms with van der Waals surface area (Å²) in [7, 11) is 0. The number of rotatable bonds is 5. The monoisotopic (exact) mass is 469 g/mol. The second-order valence-electron chi connectivity index (χ2n) is 7.65. The summed E-state index contributed by atoms with van der Waals surface area (Å²) in [6.45, 7) is -0.293. The maximum atomic E-state index is 13.9. The molecule has 1 aliphatic carbocycles. The van der Waals surface area contributed by atoms with Gasteiger partial charge in [-0.15, -0.1) is 0 Å². The number of hydrogen-bond donors (Lipinski definition) is 1. The molecule has 2 heterocycles. The van der Waals surface area contributed by atoms with E-state index < -0.39 is 30.1 Å². The molecule has 32 heavy (non-hydrogen) atoms. The SMILES string of the molecule is O=C(Cn1nc(C(F)(F)F)c2c1CCCCC2)Nc1nn(Cc2ccccc2F)cc1Cl. The first kappa shape index (κ1) is 22.3. The summed E-state index contributed by atoms with van der Waals surface area (Å²) in [5, 5.41) is 10.5. The van der Waals surface area contributed by atoms with Crippen LogP contribution in [0.2, 0.25) is 5.02 Å². The molecule has 1 aliphatic rings. The fourth-order valence-electron chi connectivity index (χ4n) is 3.88. The molecule has 0 unspecified atom stereocenters. The van der Waals surface area contributed by atoms with E-state index in [1.165, 1.54) is 16.9 Å². The van der Waals surface area contributed by atoms with Gasteiger partial charge in [-0.2, -0.15) is 23.4 Å². The van der Waals surface area contributed by atoms with Crippen molar-refractivity contribution < 1.29 is 22.4 Å². The highest BCUT2D eigenvalue weighted by atomic mass is 35.5. The minimum atomic E-state index is -4.58. The topological polar surface area (TPSA) is 64.7 Å². The first-order chi connectivity index (χ1) is 15.2. The molecule has 0 fully saturated rings. The minimum Gasteiger partial charge on any atom is -0.306 e. The highest BCUT2D eigenvalue weighted by Gasteiger charge is 2.39. The Labute approximate surface area is 186 Å². The maximum Gasteiger partial charge on any atom is 0.435 e. The van der Waals surface area contributed by atoms with Crippen LogP contribution in [-0.4, -0.2) is 25.5 Å². The predicted octanol–water partition coefficient (Wildman–Crippen LogP) is 4.85. The van der Waals surface area contributed by atoms with Gasteiger partial charge in [-0.25, -0.2) is 4.39 Å². The Kier molecular flexibility index (Phi) is 6.23. The van der Waals surface area contributed by atoms with E-state index in [-0.39, 0.29) is 29.4 Å². The molecular weight excluding hydrogens is 450 g/mol. The number of amides is 1. The van der Waals surface area contributed by atoms with Crippen LogP contribution in [-0.2, 0) is 36.9 Å². The summed E-state index contributed by atoms with van der Waals surface area (Å²) < 4.78 is 56.7. The number of alkyl halides is 3. The van der Waals surface area contributed by atoms with E-state index in [4.69, 9.17) is 11.6 Å². The van der Waals surface area contributed by atoms with Crippen LogP contribution in [0.15, 0.2) is 30.5 Å². The normalized spacial score (nSPS) is 14.2. The van der Waals surface area contributed by atoms with Gasteiger partial charge in [0.05, 0.1) is 6.54 Å². The molecule has 4 rings (SSSR count). The lowest BCUT2D eigenvalue weighted by Crippen LogP contribution is -2.22. The third kappa shape index (κ3) is 4.79. The van der Waals surface area contributed by atoms with Gasteiger partial charge in [0.15, 0.2) is 11.5 Å². The molecule has 11 heteroatoms. The fourth-order valence-corrected chi connectivity index (χ4v) is 4.08.